The molecule has 4 aromatic rings. The van der Waals surface area contributed by atoms with Crippen molar-refractivity contribution in [1.82, 2.24) is 24.4 Å². The first kappa shape index (κ1) is 24.3. The molecular weight excluding hydrogens is 554 g/mol. The second-order valence-electron chi connectivity index (χ2n) is 9.67. The normalized spacial score (nSPS) is 20.0. The quantitative estimate of drug-likeness (QED) is 0.272. The van der Waals surface area contributed by atoms with Crippen molar-refractivity contribution in [3.05, 3.63) is 52.4 Å². The van der Waals surface area contributed by atoms with E-state index in [1.54, 1.807) is 39.8 Å². The number of hydrogen-bond donors (Lipinski definition) is 2. The second kappa shape index (κ2) is 9.05. The summed E-state index contributed by atoms with van der Waals surface area (Å²) < 4.78 is 7.31. The Balaban J connectivity index is 1.37. The molecule has 3 atom stereocenters. The Morgan fingerprint density at radius 1 is 1.21 bits per heavy atom. The molecule has 1 saturated heterocycles. The van der Waals surface area contributed by atoms with Crippen molar-refractivity contribution in [1.29, 1.82) is 0 Å². The zero-order valence-electron chi connectivity index (χ0n) is 20.6. The van der Waals surface area contributed by atoms with E-state index in [0.717, 1.165) is 17.5 Å². The lowest BCUT2D eigenvalue weighted by Crippen LogP contribution is -2.46. The Hall–Kier alpha value is -4.06. The highest BCUT2D eigenvalue weighted by Crippen LogP contribution is 2.48. The van der Waals surface area contributed by atoms with Gasteiger partial charge in [0, 0.05) is 11.4 Å². The van der Waals surface area contributed by atoms with Gasteiger partial charge in [-0.2, -0.15) is 0 Å². The summed E-state index contributed by atoms with van der Waals surface area (Å²) in [5.41, 5.74) is 8.56. The third-order valence-electron chi connectivity index (χ3n) is 7.33. The molecule has 2 amide bonds. The molecule has 4 heterocycles. The summed E-state index contributed by atoms with van der Waals surface area (Å²) in [6.07, 6.45) is 2.84. The number of benzene rings is 1. The lowest BCUT2D eigenvalue weighted by atomic mass is 10.1. The number of aromatic nitrogens is 4. The summed E-state index contributed by atoms with van der Waals surface area (Å²) in [6.45, 7) is 1.81. The number of rotatable bonds is 5. The number of esters is 1. The molecule has 11 nitrogen and oxygen atoms in total. The lowest BCUT2D eigenvalue weighted by molar-refractivity contribution is -0.138. The van der Waals surface area contributed by atoms with Crippen LogP contribution in [0, 0.1) is 12.8 Å². The molecule has 3 N–H and O–H groups in total. The largest absolute Gasteiger partial charge is 0.465 e. The van der Waals surface area contributed by atoms with Crippen LogP contribution in [0.4, 0.5) is 11.6 Å². The van der Waals surface area contributed by atoms with Crippen LogP contribution in [-0.2, 0) is 20.9 Å². The molecule has 194 valence electrons. The van der Waals surface area contributed by atoms with Crippen molar-refractivity contribution in [3.8, 4) is 0 Å². The van der Waals surface area contributed by atoms with Crippen LogP contribution < -0.4 is 11.1 Å². The zero-order chi connectivity index (χ0) is 26.7. The number of ether oxygens (including phenoxy) is 1. The highest BCUT2D eigenvalue weighted by Gasteiger charge is 2.56. The smallest absolute Gasteiger partial charge is 0.337 e. The lowest BCUT2D eigenvalue weighted by Gasteiger charge is -2.27. The van der Waals surface area contributed by atoms with Gasteiger partial charge in [0.25, 0.3) is 0 Å². The van der Waals surface area contributed by atoms with Crippen LogP contribution in [0.3, 0.4) is 0 Å². The molecular formula is C26H24BrN7O4. The van der Waals surface area contributed by atoms with E-state index >= 15 is 0 Å². The van der Waals surface area contributed by atoms with E-state index in [1.807, 2.05) is 6.92 Å². The van der Waals surface area contributed by atoms with Gasteiger partial charge in [-0.15, -0.1) is 0 Å². The van der Waals surface area contributed by atoms with E-state index in [4.69, 9.17) is 10.5 Å². The molecule has 1 saturated carbocycles. The molecule has 0 spiro atoms. The van der Waals surface area contributed by atoms with E-state index in [-0.39, 0.29) is 30.2 Å². The molecule has 1 aliphatic carbocycles. The molecule has 1 unspecified atom stereocenters. The number of halogens is 1. The van der Waals surface area contributed by atoms with E-state index in [9.17, 15) is 14.4 Å². The maximum atomic E-state index is 13.8. The Kier molecular flexibility index (Phi) is 5.78. The predicted octanol–water partition coefficient (Wildman–Crippen LogP) is 3.05. The molecule has 3 aromatic heterocycles. The molecule has 6 rings (SSSR count). The monoisotopic (exact) mass is 577 g/mol. The summed E-state index contributed by atoms with van der Waals surface area (Å²) in [4.78, 5) is 53.9. The SMILES string of the molecule is COC(=O)c1cc(C)c2c(c1)c1c(N)ncnc1n2CC(=O)N1C2C[C@@H]2C[C@H]1C(=O)Nc1cccc(Br)n1. The van der Waals surface area contributed by atoms with Crippen molar-refractivity contribution in [3.63, 3.8) is 0 Å². The van der Waals surface area contributed by atoms with Crippen LogP contribution in [0.25, 0.3) is 21.9 Å². The topological polar surface area (TPSA) is 145 Å². The first-order chi connectivity index (χ1) is 18.3. The second-order valence-corrected chi connectivity index (χ2v) is 10.5. The van der Waals surface area contributed by atoms with Gasteiger partial charge in [-0.3, -0.25) is 9.59 Å². The van der Waals surface area contributed by atoms with Gasteiger partial charge in [-0.05, 0) is 71.4 Å². The van der Waals surface area contributed by atoms with E-state index in [0.29, 0.717) is 44.7 Å². The van der Waals surface area contributed by atoms with Crippen molar-refractivity contribution in [2.45, 2.75) is 38.4 Å². The number of aryl methyl sites for hydroxylation is 1. The molecule has 2 fully saturated rings. The molecule has 12 heteroatoms. The fraction of sp³-hybridized carbons (Fsp3) is 0.308. The van der Waals surface area contributed by atoms with Gasteiger partial charge in [0.05, 0.1) is 23.6 Å². The highest BCUT2D eigenvalue weighted by molar-refractivity contribution is 9.10. The minimum atomic E-state index is -0.591. The number of anilines is 2. The molecule has 1 aromatic carbocycles. The van der Waals surface area contributed by atoms with Gasteiger partial charge in [-0.25, -0.2) is 19.7 Å². The highest BCUT2D eigenvalue weighted by atomic mass is 79.9. The van der Waals surface area contributed by atoms with Gasteiger partial charge >= 0.3 is 5.97 Å². The summed E-state index contributed by atoms with van der Waals surface area (Å²) >= 11 is 3.31. The van der Waals surface area contributed by atoms with Gasteiger partial charge in [0.15, 0.2) is 0 Å². The number of methoxy groups -OCH3 is 1. The van der Waals surface area contributed by atoms with Gasteiger partial charge in [-0.1, -0.05) is 6.07 Å². The number of nitrogens with two attached hydrogens (primary N) is 1. The standard InChI is InChI=1S/C26H24BrN7O4/c1-12-6-14(26(37)38-2)7-15-21-23(28)29-11-30-24(21)33(22(12)15)10-20(35)34-16-8-13(16)9-17(34)25(36)32-19-5-3-4-18(27)31-19/h3-7,11,13,16-17H,8-10H2,1-2H3,(H2,28,29,30)(H,31,32,36)/t13-,16?,17+/m1/s1. The number of likely N-dealkylation sites (tertiary alicyclic amines) is 1. The van der Waals surface area contributed by atoms with E-state index < -0.39 is 12.0 Å². The van der Waals surface area contributed by atoms with Crippen molar-refractivity contribution in [2.24, 2.45) is 5.92 Å². The van der Waals surface area contributed by atoms with Gasteiger partial charge in [0.2, 0.25) is 11.8 Å². The molecule has 0 radical (unpaired) electrons. The van der Waals surface area contributed by atoms with Crippen LogP contribution in [0.5, 0.6) is 0 Å². The van der Waals surface area contributed by atoms with Crippen molar-refractivity contribution < 1.29 is 19.1 Å². The summed E-state index contributed by atoms with van der Waals surface area (Å²) in [7, 11) is 1.32. The molecule has 0 bridgehead atoms. The van der Waals surface area contributed by atoms with E-state index in [2.05, 4.69) is 36.2 Å². The average molecular weight is 578 g/mol. The summed E-state index contributed by atoms with van der Waals surface area (Å²) in [5, 5.41) is 4.07. The summed E-state index contributed by atoms with van der Waals surface area (Å²) in [6, 6.07) is 8.11. The van der Waals surface area contributed by atoms with E-state index in [1.165, 1.54) is 13.4 Å². The number of pyridine rings is 1. The maximum absolute atomic E-state index is 13.8. The number of nitrogens with zero attached hydrogens (tertiary/aromatic N) is 5. The maximum Gasteiger partial charge on any atom is 0.337 e. The third kappa shape index (κ3) is 3.95. The van der Waals surface area contributed by atoms with Crippen molar-refractivity contribution in [2.75, 3.05) is 18.2 Å². The first-order valence-corrected chi connectivity index (χ1v) is 12.9. The van der Waals surface area contributed by atoms with Crippen LogP contribution in [0.15, 0.2) is 41.3 Å². The predicted molar refractivity (Wildman–Crippen MR) is 143 cm³/mol. The number of nitrogen functional groups attached to an aromatic ring is 1. The minimum Gasteiger partial charge on any atom is -0.465 e. The van der Waals surface area contributed by atoms with Gasteiger partial charge in [0.1, 0.15) is 40.8 Å². The Morgan fingerprint density at radius 3 is 2.79 bits per heavy atom. The van der Waals surface area contributed by atoms with Gasteiger partial charge < -0.3 is 25.3 Å². The Morgan fingerprint density at radius 2 is 2.03 bits per heavy atom. The van der Waals surface area contributed by atoms with Crippen LogP contribution in [0.1, 0.15) is 28.8 Å². The number of amides is 2. The molecule has 2 aliphatic rings. The molecule has 1 aliphatic heterocycles. The Bertz CT molecular complexity index is 1650. The minimum absolute atomic E-state index is 0.0357. The van der Waals surface area contributed by atoms with Crippen molar-refractivity contribution >= 4 is 67.3 Å². The van der Waals surface area contributed by atoms with Crippen LogP contribution in [-0.4, -0.2) is 61.4 Å². The number of carbonyl (C=O) groups is 3. The fourth-order valence-corrected chi connectivity index (χ4v) is 5.97. The third-order valence-corrected chi connectivity index (χ3v) is 7.77. The Labute approximate surface area is 225 Å². The average Bonchev–Trinajstić information content (AvgIpc) is 3.42. The number of hydrogen-bond acceptors (Lipinski definition) is 8. The van der Waals surface area contributed by atoms with Crippen LogP contribution >= 0.6 is 15.9 Å². The number of piperidine rings is 1. The fourth-order valence-electron chi connectivity index (χ4n) is 5.63. The van der Waals surface area contributed by atoms with Crippen LogP contribution in [0.2, 0.25) is 0 Å². The summed E-state index contributed by atoms with van der Waals surface area (Å²) in [5.74, 6) is 0.0473. The molecule has 38 heavy (non-hydrogen) atoms. The number of fused-ring (bicyclic) bond motifs is 4. The number of nitrogens with one attached hydrogen (secondary N) is 1. The first-order valence-electron chi connectivity index (χ1n) is 12.1. The number of carbonyl (C=O) groups excluding carboxylic acids is 3. The zero-order valence-corrected chi connectivity index (χ0v) is 22.2.